The highest BCUT2D eigenvalue weighted by Crippen LogP contribution is 2.27. The summed E-state index contributed by atoms with van der Waals surface area (Å²) >= 11 is 1.73. The normalized spacial score (nSPS) is 21.3. The van der Waals surface area contributed by atoms with E-state index < -0.39 is 5.60 Å². The van der Waals surface area contributed by atoms with Gasteiger partial charge in [0.25, 0.3) is 0 Å². The van der Waals surface area contributed by atoms with Gasteiger partial charge >= 0.3 is 6.03 Å². The smallest absolute Gasteiger partial charge is 0.319 e. The van der Waals surface area contributed by atoms with E-state index in [4.69, 9.17) is 0 Å². The molecule has 0 unspecified atom stereocenters. The fourth-order valence-electron chi connectivity index (χ4n) is 2.42. The molecule has 0 spiro atoms. The van der Waals surface area contributed by atoms with Crippen molar-refractivity contribution in [2.45, 2.75) is 38.7 Å². The molecule has 1 aliphatic rings. The lowest BCUT2D eigenvalue weighted by atomic mass is 10.0. The average Bonchev–Trinajstić information content (AvgIpc) is 2.92. The van der Waals surface area contributed by atoms with Crippen LogP contribution >= 0.6 is 11.8 Å². The Morgan fingerprint density at radius 1 is 1.38 bits per heavy atom. The summed E-state index contributed by atoms with van der Waals surface area (Å²) in [6.07, 6.45) is 2.56. The molecule has 0 radical (unpaired) electrons. The molecule has 1 saturated heterocycles. The lowest BCUT2D eigenvalue weighted by molar-refractivity contribution is 0.0706. The van der Waals surface area contributed by atoms with Gasteiger partial charge < -0.3 is 15.7 Å². The maximum Gasteiger partial charge on any atom is 0.319 e. The SMILES string of the molecule is CCc1ccc(CC)c(NC(=O)NC[C@]2(O)CCSC2)c1. The van der Waals surface area contributed by atoms with Gasteiger partial charge in [-0.25, -0.2) is 4.79 Å². The van der Waals surface area contributed by atoms with Gasteiger partial charge in [0.15, 0.2) is 0 Å². The highest BCUT2D eigenvalue weighted by Gasteiger charge is 2.31. The van der Waals surface area contributed by atoms with Gasteiger partial charge in [0, 0.05) is 18.0 Å². The number of nitrogens with one attached hydrogen (secondary N) is 2. The Balaban J connectivity index is 1.95. The van der Waals surface area contributed by atoms with E-state index in [-0.39, 0.29) is 6.03 Å². The number of hydrogen-bond donors (Lipinski definition) is 3. The third-order valence-corrected chi connectivity index (χ3v) is 5.11. The highest BCUT2D eigenvalue weighted by atomic mass is 32.2. The monoisotopic (exact) mass is 308 g/mol. The van der Waals surface area contributed by atoms with Gasteiger partial charge in [-0.15, -0.1) is 0 Å². The first kappa shape index (κ1) is 16.2. The summed E-state index contributed by atoms with van der Waals surface area (Å²) in [5.74, 6) is 1.65. The summed E-state index contributed by atoms with van der Waals surface area (Å²) in [6.45, 7) is 4.47. The van der Waals surface area contributed by atoms with E-state index in [1.54, 1.807) is 11.8 Å². The van der Waals surface area contributed by atoms with Crippen LogP contribution in [0.1, 0.15) is 31.4 Å². The maximum absolute atomic E-state index is 12.0. The molecular formula is C16H24N2O2S. The number of rotatable bonds is 5. The summed E-state index contributed by atoms with van der Waals surface area (Å²) in [5, 5.41) is 15.9. The van der Waals surface area contributed by atoms with Crippen LogP contribution in [0.4, 0.5) is 10.5 Å². The van der Waals surface area contributed by atoms with Gasteiger partial charge in [-0.05, 0) is 42.2 Å². The molecule has 1 fully saturated rings. The van der Waals surface area contributed by atoms with E-state index in [0.29, 0.717) is 12.3 Å². The van der Waals surface area contributed by atoms with Gasteiger partial charge in [-0.3, -0.25) is 0 Å². The molecule has 21 heavy (non-hydrogen) atoms. The number of carbonyl (C=O) groups excluding carboxylic acids is 1. The largest absolute Gasteiger partial charge is 0.387 e. The number of hydrogen-bond acceptors (Lipinski definition) is 3. The van der Waals surface area contributed by atoms with Crippen molar-refractivity contribution in [3.63, 3.8) is 0 Å². The fourth-order valence-corrected chi connectivity index (χ4v) is 3.71. The third kappa shape index (κ3) is 4.38. The highest BCUT2D eigenvalue weighted by molar-refractivity contribution is 7.99. The average molecular weight is 308 g/mol. The Morgan fingerprint density at radius 3 is 2.81 bits per heavy atom. The Labute approximate surface area is 130 Å². The molecule has 1 aromatic carbocycles. The van der Waals surface area contributed by atoms with Crippen LogP contribution in [0.3, 0.4) is 0 Å². The standard InChI is InChI=1S/C16H24N2O2S/c1-3-12-5-6-13(4-2)14(9-12)18-15(19)17-10-16(20)7-8-21-11-16/h5-6,9,20H,3-4,7-8,10-11H2,1-2H3,(H2,17,18,19)/t16-/m1/s1. The summed E-state index contributed by atoms with van der Waals surface area (Å²) in [4.78, 5) is 12.0. The molecule has 1 atom stereocenters. The van der Waals surface area contributed by atoms with E-state index in [1.165, 1.54) is 5.56 Å². The molecule has 4 nitrogen and oxygen atoms in total. The van der Waals surface area contributed by atoms with Crippen LogP contribution in [0, 0.1) is 0 Å². The van der Waals surface area contributed by atoms with Gasteiger partial charge in [0.1, 0.15) is 0 Å². The Hall–Kier alpha value is -1.20. The van der Waals surface area contributed by atoms with Crippen LogP contribution in [0.2, 0.25) is 0 Å². The molecule has 0 saturated carbocycles. The van der Waals surface area contributed by atoms with E-state index in [1.807, 2.05) is 6.07 Å². The number of benzene rings is 1. The number of anilines is 1. The zero-order valence-corrected chi connectivity index (χ0v) is 13.6. The first-order chi connectivity index (χ1) is 10.1. The molecule has 1 heterocycles. The third-order valence-electron chi connectivity index (χ3n) is 3.87. The molecule has 0 aliphatic carbocycles. The zero-order chi connectivity index (χ0) is 15.3. The van der Waals surface area contributed by atoms with E-state index >= 15 is 0 Å². The van der Waals surface area contributed by atoms with Crippen LogP contribution in [-0.2, 0) is 12.8 Å². The van der Waals surface area contributed by atoms with E-state index in [0.717, 1.165) is 36.3 Å². The van der Waals surface area contributed by atoms with Gasteiger partial charge in [0.2, 0.25) is 0 Å². The minimum Gasteiger partial charge on any atom is -0.387 e. The Kier molecular flexibility index (Phi) is 5.53. The Bertz CT molecular complexity index is 499. The minimum atomic E-state index is -0.749. The zero-order valence-electron chi connectivity index (χ0n) is 12.7. The second kappa shape index (κ2) is 7.18. The van der Waals surface area contributed by atoms with Crippen molar-refractivity contribution in [3.05, 3.63) is 29.3 Å². The number of carbonyl (C=O) groups is 1. The lowest BCUT2D eigenvalue weighted by Crippen LogP contribution is -2.44. The van der Waals surface area contributed by atoms with Crippen molar-refractivity contribution >= 4 is 23.5 Å². The summed E-state index contributed by atoms with van der Waals surface area (Å²) in [6, 6.07) is 5.94. The first-order valence-corrected chi connectivity index (χ1v) is 8.68. The van der Waals surface area contributed by atoms with E-state index in [2.05, 4.69) is 36.6 Å². The molecule has 0 aromatic heterocycles. The van der Waals surface area contributed by atoms with Crippen molar-refractivity contribution < 1.29 is 9.90 Å². The molecule has 1 aromatic rings. The summed E-state index contributed by atoms with van der Waals surface area (Å²) in [5.41, 5.74) is 2.44. The number of amides is 2. The lowest BCUT2D eigenvalue weighted by Gasteiger charge is -2.22. The van der Waals surface area contributed by atoms with Crippen molar-refractivity contribution in [1.82, 2.24) is 5.32 Å². The molecule has 5 heteroatoms. The number of aliphatic hydroxyl groups is 1. The second-order valence-corrected chi connectivity index (χ2v) is 6.64. The van der Waals surface area contributed by atoms with Crippen LogP contribution < -0.4 is 10.6 Å². The predicted octanol–water partition coefficient (Wildman–Crippen LogP) is 2.80. The maximum atomic E-state index is 12.0. The Morgan fingerprint density at radius 2 is 2.19 bits per heavy atom. The minimum absolute atomic E-state index is 0.247. The van der Waals surface area contributed by atoms with Gasteiger partial charge in [-0.2, -0.15) is 11.8 Å². The summed E-state index contributed by atoms with van der Waals surface area (Å²) in [7, 11) is 0. The number of aryl methyl sites for hydroxylation is 2. The molecule has 2 amide bonds. The molecule has 116 valence electrons. The fraction of sp³-hybridized carbons (Fsp3) is 0.562. The van der Waals surface area contributed by atoms with Crippen molar-refractivity contribution in [2.24, 2.45) is 0 Å². The van der Waals surface area contributed by atoms with Crippen molar-refractivity contribution in [2.75, 3.05) is 23.4 Å². The summed E-state index contributed by atoms with van der Waals surface area (Å²) < 4.78 is 0. The first-order valence-electron chi connectivity index (χ1n) is 7.53. The molecule has 2 rings (SSSR count). The molecule has 0 bridgehead atoms. The van der Waals surface area contributed by atoms with Gasteiger partial charge in [-0.1, -0.05) is 26.0 Å². The molecule has 3 N–H and O–H groups in total. The number of thioether (sulfide) groups is 1. The molecular weight excluding hydrogens is 284 g/mol. The second-order valence-electron chi connectivity index (χ2n) is 5.53. The van der Waals surface area contributed by atoms with Crippen molar-refractivity contribution in [1.29, 1.82) is 0 Å². The van der Waals surface area contributed by atoms with Crippen molar-refractivity contribution in [3.8, 4) is 0 Å². The van der Waals surface area contributed by atoms with Crippen LogP contribution in [-0.4, -0.2) is 34.8 Å². The number of urea groups is 1. The van der Waals surface area contributed by atoms with Crippen LogP contribution in [0.5, 0.6) is 0 Å². The molecule has 1 aliphatic heterocycles. The predicted molar refractivity (Wildman–Crippen MR) is 89.1 cm³/mol. The quantitative estimate of drug-likeness (QED) is 0.784. The van der Waals surface area contributed by atoms with Gasteiger partial charge in [0.05, 0.1) is 5.60 Å². The van der Waals surface area contributed by atoms with Crippen LogP contribution in [0.15, 0.2) is 18.2 Å². The van der Waals surface area contributed by atoms with Crippen LogP contribution in [0.25, 0.3) is 0 Å². The topological polar surface area (TPSA) is 61.4 Å². The van der Waals surface area contributed by atoms with E-state index in [9.17, 15) is 9.90 Å².